The Kier molecular flexibility index (Phi) is 4.99. The van der Waals surface area contributed by atoms with Gasteiger partial charge in [-0.3, -0.25) is 4.79 Å². The van der Waals surface area contributed by atoms with E-state index in [2.05, 4.69) is 19.6 Å². The molecule has 3 nitrogen and oxygen atoms in total. The highest BCUT2D eigenvalue weighted by molar-refractivity contribution is 7.14. The number of thiophene rings is 1. The maximum Gasteiger partial charge on any atom is 0.264 e. The Bertz CT molecular complexity index is 543. The van der Waals surface area contributed by atoms with Crippen molar-refractivity contribution in [1.82, 2.24) is 4.90 Å². The average molecular weight is 319 g/mol. The number of fused-ring (bicyclic) bond motifs is 1. The molecule has 1 fully saturated rings. The van der Waals surface area contributed by atoms with Crippen molar-refractivity contribution in [2.24, 2.45) is 5.92 Å². The molecule has 3 rings (SSSR count). The van der Waals surface area contributed by atoms with Crippen LogP contribution in [0.5, 0.6) is 0 Å². The van der Waals surface area contributed by atoms with Crippen LogP contribution in [-0.4, -0.2) is 43.5 Å². The zero-order valence-electron chi connectivity index (χ0n) is 13.6. The monoisotopic (exact) mass is 319 g/mol. The number of nitrogens with zero attached hydrogens (tertiary/aromatic N) is 1. The van der Waals surface area contributed by atoms with Crippen LogP contribution >= 0.6 is 11.3 Å². The van der Waals surface area contributed by atoms with Gasteiger partial charge >= 0.3 is 0 Å². The zero-order valence-corrected chi connectivity index (χ0v) is 14.4. The fourth-order valence-electron chi connectivity index (χ4n) is 3.64. The minimum absolute atomic E-state index is 0.255. The molecule has 1 aromatic heterocycles. The van der Waals surface area contributed by atoms with Crippen molar-refractivity contribution in [3.05, 3.63) is 34.0 Å². The Morgan fingerprint density at radius 3 is 2.95 bits per heavy atom. The van der Waals surface area contributed by atoms with E-state index >= 15 is 0 Å². The Morgan fingerprint density at radius 2 is 2.27 bits per heavy atom. The Hall–Kier alpha value is -1.13. The van der Waals surface area contributed by atoms with Crippen LogP contribution in [0.3, 0.4) is 0 Å². The first-order chi connectivity index (χ1) is 10.7. The number of amides is 1. The van der Waals surface area contributed by atoms with Crippen LogP contribution in [0.1, 0.15) is 39.9 Å². The summed E-state index contributed by atoms with van der Waals surface area (Å²) in [5.74, 6) is 1.07. The summed E-state index contributed by atoms with van der Waals surface area (Å²) in [5.41, 5.74) is 1.45. The normalized spacial score (nSPS) is 22.4. The minimum Gasteiger partial charge on any atom is -0.329 e. The Balaban J connectivity index is 1.64. The number of nitrogens with one attached hydrogen (secondary N) is 1. The molecule has 2 aliphatic rings. The van der Waals surface area contributed by atoms with E-state index in [1.807, 2.05) is 11.0 Å². The van der Waals surface area contributed by atoms with E-state index in [4.69, 9.17) is 0 Å². The number of hydrogen-bond acceptors (Lipinski definition) is 2. The van der Waals surface area contributed by atoms with E-state index < -0.39 is 0 Å². The van der Waals surface area contributed by atoms with E-state index in [1.165, 1.54) is 41.0 Å². The largest absolute Gasteiger partial charge is 0.329 e. The minimum atomic E-state index is 0.255. The number of aryl methyl sites for hydroxylation is 1. The molecule has 0 saturated carbocycles. The van der Waals surface area contributed by atoms with Crippen molar-refractivity contribution >= 4 is 17.2 Å². The third-order valence-electron chi connectivity index (χ3n) is 5.16. The molecule has 1 amide bonds. The summed E-state index contributed by atoms with van der Waals surface area (Å²) in [6, 6.07) is 2.19. The number of carbonyl (C=O) groups is 1. The van der Waals surface area contributed by atoms with Gasteiger partial charge in [-0.05, 0) is 42.9 Å². The first-order valence-corrected chi connectivity index (χ1v) is 9.38. The standard InChI is InChI=1S/C18H26N2OS/c1-3-7-19-8-10-20(11-9-19)18(21)17-13-15-12-14(4-2)5-6-16(15)22-17/h3,13-14H,1,4-12H2,2H3/p+1/t14-/m0/s1. The molecule has 1 aliphatic carbocycles. The van der Waals surface area contributed by atoms with E-state index in [0.29, 0.717) is 0 Å². The van der Waals surface area contributed by atoms with E-state index in [0.717, 1.165) is 43.5 Å². The summed E-state index contributed by atoms with van der Waals surface area (Å²) in [5, 5.41) is 0. The van der Waals surface area contributed by atoms with E-state index in [-0.39, 0.29) is 5.91 Å². The molecule has 1 N–H and O–H groups in total. The average Bonchev–Trinajstić information content (AvgIpc) is 2.98. The van der Waals surface area contributed by atoms with Crippen LogP contribution in [0.2, 0.25) is 0 Å². The smallest absolute Gasteiger partial charge is 0.264 e. The maximum atomic E-state index is 12.7. The van der Waals surface area contributed by atoms with E-state index in [1.54, 1.807) is 11.3 Å². The third kappa shape index (κ3) is 3.28. The second-order valence-corrected chi connectivity index (χ2v) is 7.75. The number of rotatable bonds is 4. The summed E-state index contributed by atoms with van der Waals surface area (Å²) in [4.78, 5) is 18.7. The van der Waals surface area contributed by atoms with Gasteiger partial charge in [0.05, 0.1) is 37.6 Å². The zero-order chi connectivity index (χ0) is 15.5. The molecule has 1 aromatic rings. The highest BCUT2D eigenvalue weighted by Gasteiger charge is 2.27. The van der Waals surface area contributed by atoms with Crippen molar-refractivity contribution in [3.8, 4) is 0 Å². The Labute approximate surface area is 137 Å². The predicted octanol–water partition coefficient (Wildman–Crippen LogP) is 1.79. The number of carbonyl (C=O) groups excluding carboxylic acids is 1. The summed E-state index contributed by atoms with van der Waals surface area (Å²) in [6.45, 7) is 10.9. The van der Waals surface area contributed by atoms with Gasteiger partial charge in [0, 0.05) is 4.88 Å². The quantitative estimate of drug-likeness (QED) is 0.841. The molecule has 2 heterocycles. The maximum absolute atomic E-state index is 12.7. The van der Waals surface area contributed by atoms with Crippen molar-refractivity contribution in [2.75, 3.05) is 32.7 Å². The molecule has 0 aromatic carbocycles. The van der Waals surface area contributed by atoms with E-state index in [9.17, 15) is 4.79 Å². The van der Waals surface area contributed by atoms with Crippen LogP contribution in [0.25, 0.3) is 0 Å². The van der Waals surface area contributed by atoms with Crippen molar-refractivity contribution in [1.29, 1.82) is 0 Å². The lowest BCUT2D eigenvalue weighted by Crippen LogP contribution is -3.14. The fourth-order valence-corrected chi connectivity index (χ4v) is 4.82. The van der Waals surface area contributed by atoms with Crippen molar-refractivity contribution in [2.45, 2.75) is 32.6 Å². The summed E-state index contributed by atoms with van der Waals surface area (Å²) in [7, 11) is 0. The summed E-state index contributed by atoms with van der Waals surface area (Å²) < 4.78 is 0. The molecule has 0 unspecified atom stereocenters. The second kappa shape index (κ2) is 6.97. The van der Waals surface area contributed by atoms with Crippen molar-refractivity contribution in [3.63, 3.8) is 0 Å². The molecule has 120 valence electrons. The van der Waals surface area contributed by atoms with Crippen LogP contribution in [0, 0.1) is 5.92 Å². The van der Waals surface area contributed by atoms with Gasteiger partial charge in [-0.25, -0.2) is 0 Å². The molecule has 1 atom stereocenters. The molecule has 4 heteroatoms. The van der Waals surface area contributed by atoms with Gasteiger partial charge in [-0.15, -0.1) is 11.3 Å². The SMILES string of the molecule is C=CC[NH+]1CCN(C(=O)c2cc3c(s2)CC[C@H](CC)C3)CC1. The molecular weight excluding hydrogens is 292 g/mol. The van der Waals surface area contributed by atoms with Gasteiger partial charge < -0.3 is 9.80 Å². The number of piperazine rings is 1. The highest BCUT2D eigenvalue weighted by atomic mass is 32.1. The topological polar surface area (TPSA) is 24.8 Å². The predicted molar refractivity (Wildman–Crippen MR) is 91.8 cm³/mol. The molecule has 22 heavy (non-hydrogen) atoms. The van der Waals surface area contributed by atoms with Crippen LogP contribution < -0.4 is 4.90 Å². The Morgan fingerprint density at radius 1 is 1.50 bits per heavy atom. The molecule has 0 radical (unpaired) electrons. The first-order valence-electron chi connectivity index (χ1n) is 8.56. The second-order valence-electron chi connectivity index (χ2n) is 6.61. The van der Waals surface area contributed by atoms with Gasteiger partial charge in [0.25, 0.3) is 5.91 Å². The lowest BCUT2D eigenvalue weighted by molar-refractivity contribution is -0.898. The van der Waals surface area contributed by atoms with Crippen LogP contribution in [0.4, 0.5) is 0 Å². The third-order valence-corrected chi connectivity index (χ3v) is 6.39. The van der Waals surface area contributed by atoms with Crippen molar-refractivity contribution < 1.29 is 9.69 Å². The lowest BCUT2D eigenvalue weighted by Gasteiger charge is -2.31. The molecule has 1 aliphatic heterocycles. The van der Waals surface area contributed by atoms with Gasteiger partial charge in [-0.1, -0.05) is 19.9 Å². The molecular formula is C18H27N2OS+. The van der Waals surface area contributed by atoms with Gasteiger partial charge in [-0.2, -0.15) is 0 Å². The lowest BCUT2D eigenvalue weighted by atomic mass is 9.87. The number of hydrogen-bond donors (Lipinski definition) is 1. The summed E-state index contributed by atoms with van der Waals surface area (Å²) >= 11 is 1.75. The fraction of sp³-hybridized carbons (Fsp3) is 0.611. The van der Waals surface area contributed by atoms with Crippen LogP contribution in [-0.2, 0) is 12.8 Å². The summed E-state index contributed by atoms with van der Waals surface area (Å²) in [6.07, 6.45) is 6.87. The molecule has 0 spiro atoms. The van der Waals surface area contributed by atoms with Gasteiger partial charge in [0.1, 0.15) is 0 Å². The highest BCUT2D eigenvalue weighted by Crippen LogP contribution is 2.34. The van der Waals surface area contributed by atoms with Crippen LogP contribution in [0.15, 0.2) is 18.7 Å². The number of quaternary nitrogens is 1. The first kappa shape index (κ1) is 15.8. The molecule has 1 saturated heterocycles. The van der Waals surface area contributed by atoms with Gasteiger partial charge in [0.2, 0.25) is 0 Å². The van der Waals surface area contributed by atoms with Gasteiger partial charge in [0.15, 0.2) is 0 Å². The molecule has 0 bridgehead atoms.